The average Bonchev–Trinajstić information content (AvgIpc) is 2.83. The van der Waals surface area contributed by atoms with Gasteiger partial charge in [-0.2, -0.15) is 0 Å². The van der Waals surface area contributed by atoms with Crippen LogP contribution in [0.4, 0.5) is 0 Å². The molecule has 2 aromatic heterocycles. The Balaban J connectivity index is 2.04. The van der Waals surface area contributed by atoms with Crippen LogP contribution in [0.5, 0.6) is 0 Å². The molecule has 0 bridgehead atoms. The lowest BCUT2D eigenvalue weighted by Crippen LogP contribution is -2.26. The Morgan fingerprint density at radius 2 is 2.22 bits per heavy atom. The second-order valence-electron chi connectivity index (χ2n) is 4.71. The summed E-state index contributed by atoms with van der Waals surface area (Å²) in [5, 5.41) is 3.34. The average molecular weight is 244 g/mol. The van der Waals surface area contributed by atoms with E-state index in [0.717, 1.165) is 31.6 Å². The number of carbonyl (C=O) groups is 1. The van der Waals surface area contributed by atoms with Crippen molar-refractivity contribution >= 4 is 11.6 Å². The summed E-state index contributed by atoms with van der Waals surface area (Å²) in [5.41, 5.74) is 7.57. The van der Waals surface area contributed by atoms with Gasteiger partial charge in [-0.25, -0.2) is 4.98 Å². The van der Waals surface area contributed by atoms with Crippen molar-refractivity contribution < 1.29 is 4.79 Å². The maximum absolute atomic E-state index is 11.4. The summed E-state index contributed by atoms with van der Waals surface area (Å²) in [6.45, 7) is 2.06. The van der Waals surface area contributed by atoms with Gasteiger partial charge in [0.2, 0.25) is 0 Å². The van der Waals surface area contributed by atoms with Crippen LogP contribution in [0, 0.1) is 0 Å². The number of amides is 1. The molecule has 1 aliphatic rings. The standard InChI is InChI=1S/C13H16N4O/c14-12(18)10-2-1-7-17-8-11(16-13(10)17)9-3-5-15-6-4-9/h1-2,7-9,15H,3-6H2,(H2,14,18). The van der Waals surface area contributed by atoms with Gasteiger partial charge >= 0.3 is 0 Å². The molecule has 0 radical (unpaired) electrons. The lowest BCUT2D eigenvalue weighted by molar-refractivity contribution is 0.100. The SMILES string of the molecule is NC(=O)c1cccn2cc(C3CCNCC3)nc12. The number of rotatable bonds is 2. The second kappa shape index (κ2) is 4.42. The number of pyridine rings is 1. The fourth-order valence-electron chi connectivity index (χ4n) is 2.54. The number of primary amides is 1. The Hall–Kier alpha value is -1.88. The van der Waals surface area contributed by atoms with Crippen LogP contribution in [0.3, 0.4) is 0 Å². The number of piperidine rings is 1. The summed E-state index contributed by atoms with van der Waals surface area (Å²) < 4.78 is 1.89. The van der Waals surface area contributed by atoms with E-state index in [0.29, 0.717) is 17.1 Å². The minimum absolute atomic E-state index is 0.428. The van der Waals surface area contributed by atoms with Crippen LogP contribution in [0.2, 0.25) is 0 Å². The number of imidazole rings is 1. The Kier molecular flexibility index (Phi) is 2.76. The van der Waals surface area contributed by atoms with Crippen molar-refractivity contribution in [3.63, 3.8) is 0 Å². The third-order valence-corrected chi connectivity index (χ3v) is 3.52. The largest absolute Gasteiger partial charge is 0.365 e. The van der Waals surface area contributed by atoms with Crippen molar-refractivity contribution in [3.05, 3.63) is 35.8 Å². The molecule has 3 heterocycles. The first-order chi connectivity index (χ1) is 8.75. The van der Waals surface area contributed by atoms with Crippen LogP contribution in [0.15, 0.2) is 24.5 Å². The highest BCUT2D eigenvalue weighted by atomic mass is 16.1. The first kappa shape index (κ1) is 11.2. The molecule has 0 saturated carbocycles. The third-order valence-electron chi connectivity index (χ3n) is 3.52. The van der Waals surface area contributed by atoms with E-state index in [1.165, 1.54) is 0 Å². The Labute approximate surface area is 105 Å². The molecule has 18 heavy (non-hydrogen) atoms. The molecule has 0 aromatic carbocycles. The highest BCUT2D eigenvalue weighted by Gasteiger charge is 2.19. The normalized spacial score (nSPS) is 17.1. The minimum Gasteiger partial charge on any atom is -0.365 e. The van der Waals surface area contributed by atoms with Crippen molar-refractivity contribution in [2.75, 3.05) is 13.1 Å². The van der Waals surface area contributed by atoms with E-state index in [9.17, 15) is 4.79 Å². The monoisotopic (exact) mass is 244 g/mol. The Morgan fingerprint density at radius 1 is 1.44 bits per heavy atom. The first-order valence-corrected chi connectivity index (χ1v) is 6.24. The number of nitrogens with zero attached hydrogens (tertiary/aromatic N) is 2. The Bertz CT molecular complexity index is 584. The molecular formula is C13H16N4O. The number of nitrogens with two attached hydrogens (primary N) is 1. The smallest absolute Gasteiger partial charge is 0.252 e. The molecule has 0 unspecified atom stereocenters. The summed E-state index contributed by atoms with van der Waals surface area (Å²) >= 11 is 0. The molecule has 3 N–H and O–H groups in total. The third kappa shape index (κ3) is 1.86. The minimum atomic E-state index is -0.428. The van der Waals surface area contributed by atoms with Gasteiger partial charge in [0.15, 0.2) is 0 Å². The van der Waals surface area contributed by atoms with Crippen molar-refractivity contribution in [2.24, 2.45) is 5.73 Å². The molecule has 1 aliphatic heterocycles. The number of carbonyl (C=O) groups excluding carboxylic acids is 1. The zero-order valence-corrected chi connectivity index (χ0v) is 10.1. The van der Waals surface area contributed by atoms with Crippen LogP contribution >= 0.6 is 0 Å². The van der Waals surface area contributed by atoms with Crippen LogP contribution in [-0.4, -0.2) is 28.4 Å². The van der Waals surface area contributed by atoms with Gasteiger partial charge in [0.1, 0.15) is 5.65 Å². The van der Waals surface area contributed by atoms with E-state index in [4.69, 9.17) is 5.73 Å². The zero-order valence-electron chi connectivity index (χ0n) is 10.1. The van der Waals surface area contributed by atoms with Gasteiger partial charge in [0, 0.05) is 18.3 Å². The van der Waals surface area contributed by atoms with Gasteiger partial charge in [-0.3, -0.25) is 4.79 Å². The van der Waals surface area contributed by atoms with Gasteiger partial charge in [-0.15, -0.1) is 0 Å². The summed E-state index contributed by atoms with van der Waals surface area (Å²) in [6, 6.07) is 3.54. The van der Waals surface area contributed by atoms with E-state index in [1.54, 1.807) is 6.07 Å². The lowest BCUT2D eigenvalue weighted by Gasteiger charge is -2.20. The highest BCUT2D eigenvalue weighted by Crippen LogP contribution is 2.25. The van der Waals surface area contributed by atoms with E-state index < -0.39 is 5.91 Å². The van der Waals surface area contributed by atoms with Gasteiger partial charge in [-0.1, -0.05) is 0 Å². The fraction of sp³-hybridized carbons (Fsp3) is 0.385. The predicted octanol–water partition coefficient (Wildman–Crippen LogP) is 0.900. The molecule has 1 saturated heterocycles. The number of fused-ring (bicyclic) bond motifs is 1. The molecule has 1 amide bonds. The summed E-state index contributed by atoms with van der Waals surface area (Å²) in [4.78, 5) is 16.0. The lowest BCUT2D eigenvalue weighted by atomic mass is 9.95. The van der Waals surface area contributed by atoms with Gasteiger partial charge < -0.3 is 15.5 Å². The van der Waals surface area contributed by atoms with Gasteiger partial charge in [0.05, 0.1) is 11.3 Å². The molecule has 3 rings (SSSR count). The molecule has 94 valence electrons. The predicted molar refractivity (Wildman–Crippen MR) is 68.6 cm³/mol. The highest BCUT2D eigenvalue weighted by molar-refractivity contribution is 5.98. The van der Waals surface area contributed by atoms with E-state index >= 15 is 0 Å². The van der Waals surface area contributed by atoms with Crippen molar-refractivity contribution in [1.29, 1.82) is 0 Å². The van der Waals surface area contributed by atoms with E-state index in [2.05, 4.69) is 10.3 Å². The summed E-state index contributed by atoms with van der Waals surface area (Å²) in [7, 11) is 0. The van der Waals surface area contributed by atoms with Crippen LogP contribution in [0.1, 0.15) is 34.8 Å². The van der Waals surface area contributed by atoms with Crippen molar-refractivity contribution in [1.82, 2.24) is 14.7 Å². The van der Waals surface area contributed by atoms with Gasteiger partial charge in [0.25, 0.3) is 5.91 Å². The van der Waals surface area contributed by atoms with Crippen molar-refractivity contribution in [3.8, 4) is 0 Å². The molecule has 5 nitrogen and oxygen atoms in total. The molecule has 2 aromatic rings. The molecule has 0 spiro atoms. The summed E-state index contributed by atoms with van der Waals surface area (Å²) in [6.07, 6.45) is 6.10. The maximum Gasteiger partial charge on any atom is 0.252 e. The van der Waals surface area contributed by atoms with Gasteiger partial charge in [-0.05, 0) is 38.1 Å². The molecule has 0 aliphatic carbocycles. The molecule has 0 atom stereocenters. The number of aromatic nitrogens is 2. The quantitative estimate of drug-likeness (QED) is 0.824. The maximum atomic E-state index is 11.4. The van der Waals surface area contributed by atoms with Crippen LogP contribution in [-0.2, 0) is 0 Å². The molecule has 5 heteroatoms. The topological polar surface area (TPSA) is 72.4 Å². The zero-order chi connectivity index (χ0) is 12.5. The van der Waals surface area contributed by atoms with E-state index in [-0.39, 0.29) is 0 Å². The fourth-order valence-corrected chi connectivity index (χ4v) is 2.54. The van der Waals surface area contributed by atoms with Crippen LogP contribution < -0.4 is 11.1 Å². The first-order valence-electron chi connectivity index (χ1n) is 6.24. The molecule has 1 fully saturated rings. The second-order valence-corrected chi connectivity index (χ2v) is 4.71. The molecular weight excluding hydrogens is 228 g/mol. The van der Waals surface area contributed by atoms with Crippen LogP contribution in [0.25, 0.3) is 5.65 Å². The number of nitrogens with one attached hydrogen (secondary N) is 1. The number of hydrogen-bond acceptors (Lipinski definition) is 3. The van der Waals surface area contributed by atoms with E-state index in [1.807, 2.05) is 22.9 Å². The summed E-state index contributed by atoms with van der Waals surface area (Å²) in [5.74, 6) is 0.0509. The van der Waals surface area contributed by atoms with Crippen molar-refractivity contribution in [2.45, 2.75) is 18.8 Å². The Morgan fingerprint density at radius 3 is 2.94 bits per heavy atom. The number of hydrogen-bond donors (Lipinski definition) is 2.